The fourth-order valence-electron chi connectivity index (χ4n) is 3.55. The molecule has 2 aromatic heterocycles. The number of aromatic amines is 1. The van der Waals surface area contributed by atoms with E-state index >= 15 is 0 Å². The predicted octanol–water partition coefficient (Wildman–Crippen LogP) is 3.44. The highest BCUT2D eigenvalue weighted by Gasteiger charge is 2.24. The molecule has 0 atom stereocenters. The number of morpholine rings is 1. The van der Waals surface area contributed by atoms with Crippen LogP contribution in [0.15, 0.2) is 46.6 Å². The third kappa shape index (κ3) is 4.66. The van der Waals surface area contributed by atoms with E-state index in [-0.39, 0.29) is 18.1 Å². The van der Waals surface area contributed by atoms with Crippen molar-refractivity contribution in [3.05, 3.63) is 62.6 Å². The van der Waals surface area contributed by atoms with E-state index in [1.165, 1.54) is 0 Å². The molecule has 1 aromatic carbocycles. The average Bonchev–Trinajstić information content (AvgIpc) is 3.27. The lowest BCUT2D eigenvalue weighted by Gasteiger charge is -2.32. The van der Waals surface area contributed by atoms with Gasteiger partial charge >= 0.3 is 6.03 Å². The number of H-pyrrole nitrogens is 1. The number of nitrogens with zero attached hydrogens (tertiary/aromatic N) is 2. The van der Waals surface area contributed by atoms with E-state index in [2.05, 4.69) is 4.98 Å². The summed E-state index contributed by atoms with van der Waals surface area (Å²) in [6.07, 6.45) is 0. The topological polar surface area (TPSA) is 74.9 Å². The largest absolute Gasteiger partial charge is 0.494 e. The number of rotatable bonds is 6. The molecule has 158 valence electrons. The van der Waals surface area contributed by atoms with Crippen LogP contribution < -0.4 is 10.3 Å². The summed E-state index contributed by atoms with van der Waals surface area (Å²) in [5, 5.41) is 2.87. The SMILES string of the molecule is CCOc1ccc2[nH]c(=O)c(CN(Cc3cccs3)C(=O)N3CCOCC3)cc2c1. The number of ether oxygens (including phenoxy) is 2. The first kappa shape index (κ1) is 20.4. The molecule has 4 rings (SSSR count). The Labute approximate surface area is 178 Å². The highest BCUT2D eigenvalue weighted by molar-refractivity contribution is 7.09. The molecule has 0 spiro atoms. The molecule has 0 radical (unpaired) electrons. The van der Waals surface area contributed by atoms with Crippen LogP contribution >= 0.6 is 11.3 Å². The van der Waals surface area contributed by atoms with Gasteiger partial charge in [0.1, 0.15) is 5.75 Å². The van der Waals surface area contributed by atoms with Crippen molar-refractivity contribution in [1.82, 2.24) is 14.8 Å². The fourth-order valence-corrected chi connectivity index (χ4v) is 4.27. The van der Waals surface area contributed by atoms with Crippen LogP contribution in [0.25, 0.3) is 10.9 Å². The van der Waals surface area contributed by atoms with Gasteiger partial charge in [-0.15, -0.1) is 11.3 Å². The molecule has 3 heterocycles. The Hall–Kier alpha value is -2.84. The van der Waals surface area contributed by atoms with Crippen LogP contribution in [0.2, 0.25) is 0 Å². The molecule has 30 heavy (non-hydrogen) atoms. The van der Waals surface area contributed by atoms with E-state index in [1.807, 2.05) is 48.7 Å². The minimum Gasteiger partial charge on any atom is -0.494 e. The lowest BCUT2D eigenvalue weighted by atomic mass is 10.1. The maximum atomic E-state index is 13.2. The zero-order valence-electron chi connectivity index (χ0n) is 16.9. The Balaban J connectivity index is 1.63. The van der Waals surface area contributed by atoms with Crippen molar-refractivity contribution in [2.75, 3.05) is 32.9 Å². The highest BCUT2D eigenvalue weighted by Crippen LogP contribution is 2.21. The molecule has 0 bridgehead atoms. The van der Waals surface area contributed by atoms with Crippen molar-refractivity contribution < 1.29 is 14.3 Å². The summed E-state index contributed by atoms with van der Waals surface area (Å²) in [5.41, 5.74) is 1.11. The van der Waals surface area contributed by atoms with Gasteiger partial charge in [0.2, 0.25) is 0 Å². The standard InChI is InChI=1S/C22H25N3O4S/c1-2-29-18-5-6-20-16(13-18)12-17(21(26)23-20)14-25(15-19-4-3-11-30-19)22(27)24-7-9-28-10-8-24/h3-6,11-13H,2,7-10,14-15H2,1H3,(H,23,26). The van der Waals surface area contributed by atoms with E-state index < -0.39 is 0 Å². The van der Waals surface area contributed by atoms with Gasteiger partial charge in [-0.1, -0.05) is 6.07 Å². The van der Waals surface area contributed by atoms with Crippen molar-refractivity contribution in [2.24, 2.45) is 0 Å². The number of hydrogen-bond donors (Lipinski definition) is 1. The molecular weight excluding hydrogens is 402 g/mol. The quantitative estimate of drug-likeness (QED) is 0.654. The smallest absolute Gasteiger partial charge is 0.320 e. The lowest BCUT2D eigenvalue weighted by molar-refractivity contribution is 0.0419. The van der Waals surface area contributed by atoms with Gasteiger partial charge in [-0.25, -0.2) is 4.79 Å². The number of carbonyl (C=O) groups excluding carboxylic acids is 1. The van der Waals surface area contributed by atoms with Gasteiger partial charge in [0.15, 0.2) is 0 Å². The molecule has 0 unspecified atom stereocenters. The zero-order chi connectivity index (χ0) is 20.9. The highest BCUT2D eigenvalue weighted by atomic mass is 32.1. The first-order chi connectivity index (χ1) is 14.6. The third-order valence-electron chi connectivity index (χ3n) is 5.04. The molecule has 3 aromatic rings. The second-order valence-electron chi connectivity index (χ2n) is 7.12. The Morgan fingerprint density at radius 2 is 2.07 bits per heavy atom. The molecule has 1 N–H and O–H groups in total. The number of thiophene rings is 1. The van der Waals surface area contributed by atoms with Gasteiger partial charge in [0.25, 0.3) is 5.56 Å². The third-order valence-corrected chi connectivity index (χ3v) is 5.90. The molecule has 0 saturated carbocycles. The van der Waals surface area contributed by atoms with Gasteiger partial charge in [-0.2, -0.15) is 0 Å². The number of amides is 2. The zero-order valence-corrected chi connectivity index (χ0v) is 17.7. The Morgan fingerprint density at radius 1 is 1.23 bits per heavy atom. The molecule has 8 heteroatoms. The van der Waals surface area contributed by atoms with Crippen LogP contribution in [0.3, 0.4) is 0 Å². The van der Waals surface area contributed by atoms with Gasteiger partial charge < -0.3 is 24.3 Å². The number of aromatic nitrogens is 1. The molecule has 1 aliphatic heterocycles. The molecule has 2 amide bonds. The average molecular weight is 428 g/mol. The van der Waals surface area contributed by atoms with Crippen molar-refractivity contribution in [2.45, 2.75) is 20.0 Å². The number of pyridine rings is 1. The van der Waals surface area contributed by atoms with Gasteiger partial charge in [-0.3, -0.25) is 4.79 Å². The number of fused-ring (bicyclic) bond motifs is 1. The number of hydrogen-bond acceptors (Lipinski definition) is 5. The normalized spacial score (nSPS) is 14.1. The molecular formula is C22H25N3O4S. The van der Waals surface area contributed by atoms with E-state index in [0.717, 1.165) is 21.5 Å². The summed E-state index contributed by atoms with van der Waals surface area (Å²) >= 11 is 1.60. The van der Waals surface area contributed by atoms with E-state index in [9.17, 15) is 9.59 Å². The number of urea groups is 1. The fraction of sp³-hybridized carbons (Fsp3) is 0.364. The van der Waals surface area contributed by atoms with Crippen LogP contribution in [0, 0.1) is 0 Å². The molecule has 7 nitrogen and oxygen atoms in total. The summed E-state index contributed by atoms with van der Waals surface area (Å²) in [7, 11) is 0. The van der Waals surface area contributed by atoms with Crippen molar-refractivity contribution in [3.63, 3.8) is 0 Å². The van der Waals surface area contributed by atoms with Crippen molar-refractivity contribution >= 4 is 28.3 Å². The number of nitrogens with one attached hydrogen (secondary N) is 1. The van der Waals surface area contributed by atoms with Crippen LogP contribution in [0.4, 0.5) is 4.79 Å². The lowest BCUT2D eigenvalue weighted by Crippen LogP contribution is -2.48. The summed E-state index contributed by atoms with van der Waals surface area (Å²) in [6, 6.07) is 11.3. The maximum Gasteiger partial charge on any atom is 0.320 e. The van der Waals surface area contributed by atoms with Crippen LogP contribution in [0.5, 0.6) is 5.75 Å². The second kappa shape index (κ2) is 9.32. The monoisotopic (exact) mass is 427 g/mol. The second-order valence-corrected chi connectivity index (χ2v) is 8.16. The Kier molecular flexibility index (Phi) is 6.35. The maximum absolute atomic E-state index is 13.2. The van der Waals surface area contributed by atoms with Gasteiger partial charge in [-0.05, 0) is 42.6 Å². The molecule has 1 fully saturated rings. The van der Waals surface area contributed by atoms with Gasteiger partial charge in [0, 0.05) is 34.4 Å². The number of carbonyl (C=O) groups is 1. The summed E-state index contributed by atoms with van der Waals surface area (Å²) in [4.78, 5) is 33.5. The van der Waals surface area contributed by atoms with Crippen LogP contribution in [-0.4, -0.2) is 53.7 Å². The van der Waals surface area contributed by atoms with Crippen LogP contribution in [-0.2, 0) is 17.8 Å². The van der Waals surface area contributed by atoms with E-state index in [4.69, 9.17) is 9.47 Å². The minimum atomic E-state index is -0.183. The van der Waals surface area contributed by atoms with E-state index in [0.29, 0.717) is 45.0 Å². The number of benzene rings is 1. The Bertz CT molecular complexity index is 1060. The molecule has 1 aliphatic rings. The van der Waals surface area contributed by atoms with Gasteiger partial charge in [0.05, 0.1) is 32.9 Å². The molecule has 1 saturated heterocycles. The van der Waals surface area contributed by atoms with E-state index in [1.54, 1.807) is 21.1 Å². The minimum absolute atomic E-state index is 0.0748. The van der Waals surface area contributed by atoms with Crippen molar-refractivity contribution in [3.8, 4) is 5.75 Å². The molecule has 0 aliphatic carbocycles. The predicted molar refractivity (Wildman–Crippen MR) is 117 cm³/mol. The summed E-state index contributed by atoms with van der Waals surface area (Å²) < 4.78 is 11.0. The first-order valence-electron chi connectivity index (χ1n) is 10.1. The summed E-state index contributed by atoms with van der Waals surface area (Å²) in [5.74, 6) is 0.753. The van der Waals surface area contributed by atoms with Crippen LogP contribution in [0.1, 0.15) is 17.4 Å². The Morgan fingerprint density at radius 3 is 2.80 bits per heavy atom. The summed E-state index contributed by atoms with van der Waals surface area (Å²) in [6.45, 7) is 5.40. The van der Waals surface area contributed by atoms with Crippen molar-refractivity contribution in [1.29, 1.82) is 0 Å². The first-order valence-corrected chi connectivity index (χ1v) is 10.9.